The molecule has 1 aromatic heterocycles. The van der Waals surface area contributed by atoms with E-state index in [9.17, 15) is 9.59 Å². The number of rotatable bonds is 5. The molecule has 22 heavy (non-hydrogen) atoms. The zero-order valence-corrected chi connectivity index (χ0v) is 12.5. The number of hydrogen-bond donors (Lipinski definition) is 2. The molecule has 0 aliphatic rings. The highest BCUT2D eigenvalue weighted by molar-refractivity contribution is 6.03. The van der Waals surface area contributed by atoms with Crippen molar-refractivity contribution in [2.45, 2.75) is 0 Å². The van der Waals surface area contributed by atoms with Gasteiger partial charge in [0.05, 0.1) is 6.54 Å². The second-order valence-electron chi connectivity index (χ2n) is 5.03. The minimum absolute atomic E-state index is 0.0877. The summed E-state index contributed by atoms with van der Waals surface area (Å²) in [5.74, 6) is -0.361. The highest BCUT2D eigenvalue weighted by Gasteiger charge is 2.07. The van der Waals surface area contributed by atoms with Crippen molar-refractivity contribution < 1.29 is 9.59 Å². The molecule has 2 rings (SSSR count). The van der Waals surface area contributed by atoms with Gasteiger partial charge in [-0.3, -0.25) is 14.6 Å². The Morgan fingerprint density at radius 3 is 2.18 bits per heavy atom. The number of nitrogens with one attached hydrogen (secondary N) is 2. The van der Waals surface area contributed by atoms with E-state index >= 15 is 0 Å². The average Bonchev–Trinajstić information content (AvgIpc) is 2.49. The fourth-order valence-electron chi connectivity index (χ4n) is 1.82. The third-order valence-electron chi connectivity index (χ3n) is 2.78. The molecule has 2 N–H and O–H groups in total. The van der Waals surface area contributed by atoms with Crippen molar-refractivity contribution in [1.82, 2.24) is 9.88 Å². The van der Waals surface area contributed by atoms with Crippen LogP contribution in [0.15, 0.2) is 48.7 Å². The molecule has 114 valence electrons. The first-order valence-corrected chi connectivity index (χ1v) is 6.81. The summed E-state index contributed by atoms with van der Waals surface area (Å²) in [4.78, 5) is 29.4. The van der Waals surface area contributed by atoms with Crippen LogP contribution in [0.1, 0.15) is 10.5 Å². The van der Waals surface area contributed by atoms with E-state index in [1.54, 1.807) is 53.6 Å². The normalized spacial score (nSPS) is 10.3. The van der Waals surface area contributed by atoms with E-state index < -0.39 is 0 Å². The molecule has 0 aliphatic heterocycles. The van der Waals surface area contributed by atoms with Crippen LogP contribution in [-0.2, 0) is 4.79 Å². The van der Waals surface area contributed by atoms with Crippen LogP contribution < -0.4 is 10.6 Å². The highest BCUT2D eigenvalue weighted by atomic mass is 16.2. The predicted molar refractivity (Wildman–Crippen MR) is 85.8 cm³/mol. The number of carbonyl (C=O) groups is 2. The lowest BCUT2D eigenvalue weighted by molar-refractivity contribution is -0.116. The first-order valence-electron chi connectivity index (χ1n) is 6.81. The van der Waals surface area contributed by atoms with Crippen LogP contribution >= 0.6 is 0 Å². The van der Waals surface area contributed by atoms with Crippen molar-refractivity contribution in [1.29, 1.82) is 0 Å². The van der Waals surface area contributed by atoms with Crippen molar-refractivity contribution in [3.63, 3.8) is 0 Å². The van der Waals surface area contributed by atoms with Gasteiger partial charge in [0.1, 0.15) is 5.69 Å². The second kappa shape index (κ2) is 7.33. The van der Waals surface area contributed by atoms with Gasteiger partial charge in [0.15, 0.2) is 0 Å². The Kier molecular flexibility index (Phi) is 5.21. The van der Waals surface area contributed by atoms with Crippen molar-refractivity contribution in [3.05, 3.63) is 54.4 Å². The number of benzene rings is 1. The van der Waals surface area contributed by atoms with E-state index in [1.807, 2.05) is 14.1 Å². The summed E-state index contributed by atoms with van der Waals surface area (Å²) in [5, 5.41) is 5.53. The molecule has 0 bridgehead atoms. The summed E-state index contributed by atoms with van der Waals surface area (Å²) in [5.41, 5.74) is 1.68. The maximum atomic E-state index is 11.9. The quantitative estimate of drug-likeness (QED) is 0.883. The van der Waals surface area contributed by atoms with E-state index in [0.29, 0.717) is 23.6 Å². The summed E-state index contributed by atoms with van der Waals surface area (Å²) in [7, 11) is 3.66. The van der Waals surface area contributed by atoms with E-state index in [-0.39, 0.29) is 11.8 Å². The Hall–Kier alpha value is -2.73. The second-order valence-corrected chi connectivity index (χ2v) is 5.03. The largest absolute Gasteiger partial charge is 0.325 e. The summed E-state index contributed by atoms with van der Waals surface area (Å²) in [6.07, 6.45) is 1.57. The number of anilines is 2. The monoisotopic (exact) mass is 298 g/mol. The van der Waals surface area contributed by atoms with E-state index in [1.165, 1.54) is 0 Å². The van der Waals surface area contributed by atoms with Gasteiger partial charge in [0, 0.05) is 17.6 Å². The molecule has 1 heterocycles. The third-order valence-corrected chi connectivity index (χ3v) is 2.78. The lowest BCUT2D eigenvalue weighted by atomic mass is 10.2. The summed E-state index contributed by atoms with van der Waals surface area (Å²) in [6.45, 7) is 0.318. The molecule has 0 fully saturated rings. The van der Waals surface area contributed by atoms with Gasteiger partial charge < -0.3 is 15.5 Å². The zero-order chi connectivity index (χ0) is 15.9. The lowest BCUT2D eigenvalue weighted by Gasteiger charge is -2.10. The average molecular weight is 298 g/mol. The van der Waals surface area contributed by atoms with Crippen LogP contribution in [0.2, 0.25) is 0 Å². The number of likely N-dealkylation sites (N-methyl/N-ethyl adjacent to an activating group) is 1. The molecule has 2 aromatic rings. The highest BCUT2D eigenvalue weighted by Crippen LogP contribution is 2.14. The molecular weight excluding hydrogens is 280 g/mol. The van der Waals surface area contributed by atoms with Crippen molar-refractivity contribution in [2.75, 3.05) is 31.3 Å². The van der Waals surface area contributed by atoms with E-state index in [2.05, 4.69) is 15.6 Å². The van der Waals surface area contributed by atoms with Gasteiger partial charge in [-0.1, -0.05) is 6.07 Å². The van der Waals surface area contributed by atoms with Gasteiger partial charge in [-0.05, 0) is 50.5 Å². The van der Waals surface area contributed by atoms with Crippen molar-refractivity contribution >= 4 is 23.2 Å². The molecule has 0 aliphatic carbocycles. The maximum absolute atomic E-state index is 11.9. The van der Waals surface area contributed by atoms with Crippen LogP contribution in [0, 0.1) is 0 Å². The van der Waals surface area contributed by atoms with Crippen LogP contribution in [0.3, 0.4) is 0 Å². The number of pyridine rings is 1. The van der Waals surface area contributed by atoms with E-state index in [4.69, 9.17) is 0 Å². The van der Waals surface area contributed by atoms with Gasteiger partial charge in [-0.2, -0.15) is 0 Å². The Labute approximate surface area is 129 Å². The molecular formula is C16H18N4O2. The van der Waals surface area contributed by atoms with Gasteiger partial charge in [-0.15, -0.1) is 0 Å². The van der Waals surface area contributed by atoms with Gasteiger partial charge in [0.25, 0.3) is 5.91 Å². The first kappa shape index (κ1) is 15.7. The minimum Gasteiger partial charge on any atom is -0.325 e. The van der Waals surface area contributed by atoms with Gasteiger partial charge in [0.2, 0.25) is 5.91 Å². The predicted octanol–water partition coefficient (Wildman–Crippen LogP) is 1.83. The SMILES string of the molecule is CN(C)CC(=O)Nc1ccc(NC(=O)c2ccccn2)cc1. The van der Waals surface area contributed by atoms with Crippen LogP contribution in [-0.4, -0.2) is 42.3 Å². The van der Waals surface area contributed by atoms with Crippen molar-refractivity contribution in [2.24, 2.45) is 0 Å². The number of amides is 2. The fraction of sp³-hybridized carbons (Fsp3) is 0.188. The molecule has 0 saturated heterocycles. The molecule has 6 nitrogen and oxygen atoms in total. The molecule has 0 radical (unpaired) electrons. The molecule has 0 spiro atoms. The van der Waals surface area contributed by atoms with Crippen LogP contribution in [0.4, 0.5) is 11.4 Å². The lowest BCUT2D eigenvalue weighted by Crippen LogP contribution is -2.27. The molecule has 2 amide bonds. The summed E-state index contributed by atoms with van der Waals surface area (Å²) >= 11 is 0. The number of carbonyl (C=O) groups excluding carboxylic acids is 2. The maximum Gasteiger partial charge on any atom is 0.274 e. The molecule has 0 atom stereocenters. The molecule has 1 aromatic carbocycles. The Morgan fingerprint density at radius 1 is 1.00 bits per heavy atom. The Bertz CT molecular complexity index is 639. The minimum atomic E-state index is -0.273. The molecule has 0 saturated carbocycles. The smallest absolute Gasteiger partial charge is 0.274 e. The fourth-order valence-corrected chi connectivity index (χ4v) is 1.82. The number of hydrogen-bond acceptors (Lipinski definition) is 4. The van der Waals surface area contributed by atoms with Crippen molar-refractivity contribution in [3.8, 4) is 0 Å². The van der Waals surface area contributed by atoms with Crippen LogP contribution in [0.25, 0.3) is 0 Å². The number of aromatic nitrogens is 1. The standard InChI is InChI=1S/C16H18N4O2/c1-20(2)11-15(21)18-12-6-8-13(9-7-12)19-16(22)14-5-3-4-10-17-14/h3-10H,11H2,1-2H3,(H,18,21)(H,19,22). The van der Waals surface area contributed by atoms with E-state index in [0.717, 1.165) is 0 Å². The van der Waals surface area contributed by atoms with Gasteiger partial charge in [-0.25, -0.2) is 0 Å². The topological polar surface area (TPSA) is 74.3 Å². The molecule has 6 heteroatoms. The zero-order valence-electron chi connectivity index (χ0n) is 12.5. The summed E-state index contributed by atoms with van der Waals surface area (Å²) < 4.78 is 0. The Morgan fingerprint density at radius 2 is 1.64 bits per heavy atom. The summed E-state index contributed by atoms with van der Waals surface area (Å²) in [6, 6.07) is 12.1. The van der Waals surface area contributed by atoms with Crippen LogP contribution in [0.5, 0.6) is 0 Å². The number of nitrogens with zero attached hydrogens (tertiary/aromatic N) is 2. The van der Waals surface area contributed by atoms with Gasteiger partial charge >= 0.3 is 0 Å². The Balaban J connectivity index is 1.95. The third kappa shape index (κ3) is 4.68. The first-order chi connectivity index (χ1) is 10.5. The molecule has 0 unspecified atom stereocenters.